The monoisotopic (exact) mass is 455 g/mol. The zero-order valence-electron chi connectivity index (χ0n) is 19.2. The minimum atomic E-state index is -1.18. The number of aromatic nitrogens is 2. The number of rotatable bonds is 7. The zero-order valence-corrected chi connectivity index (χ0v) is 19.2. The van der Waals surface area contributed by atoms with E-state index in [1.807, 2.05) is 68.4 Å². The number of methoxy groups -OCH3 is 1. The van der Waals surface area contributed by atoms with Crippen molar-refractivity contribution >= 4 is 17.6 Å². The largest absolute Gasteiger partial charge is 0.493 e. The molecule has 3 aromatic carbocycles. The lowest BCUT2D eigenvalue weighted by molar-refractivity contribution is -0.125. The van der Waals surface area contributed by atoms with E-state index in [2.05, 4.69) is 10.4 Å². The van der Waals surface area contributed by atoms with Crippen molar-refractivity contribution < 1.29 is 19.1 Å². The fourth-order valence-electron chi connectivity index (χ4n) is 3.49. The van der Waals surface area contributed by atoms with E-state index in [0.717, 1.165) is 16.8 Å². The highest BCUT2D eigenvalue weighted by atomic mass is 16.6. The number of para-hydroxylation sites is 1. The quantitative estimate of drug-likeness (QED) is 0.395. The van der Waals surface area contributed by atoms with Crippen molar-refractivity contribution in [2.45, 2.75) is 20.0 Å². The smallest absolute Gasteiger partial charge is 0.363 e. The van der Waals surface area contributed by atoms with Gasteiger partial charge in [-0.05, 0) is 43.2 Å². The van der Waals surface area contributed by atoms with Crippen molar-refractivity contribution in [3.05, 3.63) is 107 Å². The molecule has 1 amide bonds. The first-order valence-electron chi connectivity index (χ1n) is 10.8. The summed E-state index contributed by atoms with van der Waals surface area (Å²) in [5.41, 5.74) is 3.85. The van der Waals surface area contributed by atoms with E-state index in [-0.39, 0.29) is 11.4 Å². The Kier molecular flexibility index (Phi) is 6.73. The molecule has 4 aromatic rings. The number of aryl methyl sites for hydroxylation is 2. The summed E-state index contributed by atoms with van der Waals surface area (Å²) in [7, 11) is 1.45. The molecule has 1 unspecified atom stereocenters. The number of nitrogens with one attached hydrogen (secondary N) is 1. The topological polar surface area (TPSA) is 82.5 Å². The summed E-state index contributed by atoms with van der Waals surface area (Å²) in [4.78, 5) is 26.5. The zero-order chi connectivity index (χ0) is 24.1. The molecule has 4 rings (SSSR count). The van der Waals surface area contributed by atoms with E-state index in [0.29, 0.717) is 11.3 Å². The predicted molar refractivity (Wildman–Crippen MR) is 129 cm³/mol. The summed E-state index contributed by atoms with van der Waals surface area (Å²) in [5.74, 6) is -0.984. The third-order valence-electron chi connectivity index (χ3n) is 5.33. The van der Waals surface area contributed by atoms with E-state index in [9.17, 15) is 9.59 Å². The van der Waals surface area contributed by atoms with Gasteiger partial charge in [-0.1, -0.05) is 60.7 Å². The number of esters is 1. The lowest BCUT2D eigenvalue weighted by atomic mass is 10.1. The Labute approximate surface area is 197 Å². The van der Waals surface area contributed by atoms with Crippen LogP contribution in [0, 0.1) is 13.8 Å². The maximum atomic E-state index is 13.3. The third-order valence-corrected chi connectivity index (χ3v) is 5.33. The number of hydrogen-bond acceptors (Lipinski definition) is 5. The average molecular weight is 456 g/mol. The molecule has 1 atom stereocenters. The van der Waals surface area contributed by atoms with Crippen LogP contribution >= 0.6 is 0 Å². The van der Waals surface area contributed by atoms with E-state index < -0.39 is 18.0 Å². The third kappa shape index (κ3) is 4.99. The second-order valence-corrected chi connectivity index (χ2v) is 7.83. The lowest BCUT2D eigenvalue weighted by Crippen LogP contribution is -2.26. The highest BCUT2D eigenvalue weighted by Crippen LogP contribution is 2.26. The Hall–Kier alpha value is -4.39. The molecule has 0 bridgehead atoms. The van der Waals surface area contributed by atoms with Crippen LogP contribution in [0.3, 0.4) is 0 Å². The van der Waals surface area contributed by atoms with E-state index in [1.165, 1.54) is 11.8 Å². The molecular formula is C27H25N3O4. The highest BCUT2D eigenvalue weighted by molar-refractivity contribution is 5.98. The Morgan fingerprint density at radius 1 is 0.941 bits per heavy atom. The first-order chi connectivity index (χ1) is 16.5. The van der Waals surface area contributed by atoms with Crippen LogP contribution in [0.4, 0.5) is 5.69 Å². The summed E-state index contributed by atoms with van der Waals surface area (Å²) in [6.45, 7) is 3.85. The van der Waals surface area contributed by atoms with Crippen LogP contribution in [-0.2, 0) is 9.53 Å². The second-order valence-electron chi connectivity index (χ2n) is 7.83. The van der Waals surface area contributed by atoms with Crippen molar-refractivity contribution in [1.29, 1.82) is 0 Å². The molecular weight excluding hydrogens is 430 g/mol. The number of benzene rings is 3. The fourth-order valence-corrected chi connectivity index (χ4v) is 3.49. The molecule has 1 aromatic heterocycles. The maximum absolute atomic E-state index is 13.3. The molecule has 0 radical (unpaired) electrons. The van der Waals surface area contributed by atoms with Gasteiger partial charge in [0.15, 0.2) is 5.75 Å². The van der Waals surface area contributed by atoms with Crippen molar-refractivity contribution in [3.8, 4) is 11.4 Å². The van der Waals surface area contributed by atoms with Gasteiger partial charge in [-0.2, -0.15) is 5.10 Å². The van der Waals surface area contributed by atoms with Gasteiger partial charge < -0.3 is 14.8 Å². The van der Waals surface area contributed by atoms with E-state index in [1.54, 1.807) is 30.5 Å². The molecule has 0 spiro atoms. The fraction of sp³-hybridized carbons (Fsp3) is 0.148. The Bertz CT molecular complexity index is 1300. The minimum absolute atomic E-state index is 0.0215. The van der Waals surface area contributed by atoms with Crippen molar-refractivity contribution in [1.82, 2.24) is 9.78 Å². The van der Waals surface area contributed by atoms with Crippen molar-refractivity contribution in [3.63, 3.8) is 0 Å². The number of carbonyl (C=O) groups excluding carboxylic acids is 2. The first-order valence-corrected chi connectivity index (χ1v) is 10.8. The Morgan fingerprint density at radius 2 is 1.62 bits per heavy atom. The van der Waals surface area contributed by atoms with Crippen LogP contribution < -0.4 is 10.1 Å². The molecule has 0 fully saturated rings. The SMILES string of the molecule is COc1cn(-c2ccccc2)nc1C(=O)OC(C(=O)Nc1cc(C)ccc1C)c1ccccc1. The summed E-state index contributed by atoms with van der Waals surface area (Å²) in [5, 5.41) is 7.25. The van der Waals surface area contributed by atoms with E-state index in [4.69, 9.17) is 9.47 Å². The van der Waals surface area contributed by atoms with Crippen molar-refractivity contribution in [2.24, 2.45) is 0 Å². The normalized spacial score (nSPS) is 11.5. The molecule has 172 valence electrons. The highest BCUT2D eigenvalue weighted by Gasteiger charge is 2.29. The summed E-state index contributed by atoms with van der Waals surface area (Å²) < 4.78 is 12.6. The number of hydrogen-bond donors (Lipinski definition) is 1. The van der Waals surface area contributed by atoms with Crippen LogP contribution in [-0.4, -0.2) is 28.8 Å². The van der Waals surface area contributed by atoms with Gasteiger partial charge in [0.2, 0.25) is 11.8 Å². The lowest BCUT2D eigenvalue weighted by Gasteiger charge is -2.19. The average Bonchev–Trinajstić information content (AvgIpc) is 3.30. The molecule has 0 aliphatic rings. The number of anilines is 1. The first kappa shape index (κ1) is 22.8. The van der Waals surface area contributed by atoms with Crippen LogP contribution in [0.2, 0.25) is 0 Å². The molecule has 0 aliphatic heterocycles. The number of amides is 1. The second kappa shape index (κ2) is 10.0. The predicted octanol–water partition coefficient (Wildman–Crippen LogP) is 5.03. The van der Waals surface area contributed by atoms with Crippen molar-refractivity contribution in [2.75, 3.05) is 12.4 Å². The maximum Gasteiger partial charge on any atom is 0.363 e. The van der Waals surface area contributed by atoms with Gasteiger partial charge in [0.05, 0.1) is 19.0 Å². The van der Waals surface area contributed by atoms with Crippen LogP contribution in [0.25, 0.3) is 5.69 Å². The van der Waals surface area contributed by atoms with E-state index >= 15 is 0 Å². The van der Waals surface area contributed by atoms with Crippen LogP contribution in [0.5, 0.6) is 5.75 Å². The summed E-state index contributed by atoms with van der Waals surface area (Å²) in [6, 6.07) is 24.0. The molecule has 0 aliphatic carbocycles. The van der Waals surface area contributed by atoms with Gasteiger partial charge in [0.25, 0.3) is 5.91 Å². The Morgan fingerprint density at radius 3 is 2.29 bits per heavy atom. The molecule has 0 saturated carbocycles. The van der Waals surface area contributed by atoms with Gasteiger partial charge >= 0.3 is 5.97 Å². The number of ether oxygens (including phenoxy) is 2. The Balaban J connectivity index is 1.63. The summed E-state index contributed by atoms with van der Waals surface area (Å²) >= 11 is 0. The molecule has 7 heteroatoms. The van der Waals surface area contributed by atoms with Gasteiger partial charge in [-0.3, -0.25) is 4.79 Å². The molecule has 34 heavy (non-hydrogen) atoms. The number of carbonyl (C=O) groups is 2. The van der Waals surface area contributed by atoms with Gasteiger partial charge in [0.1, 0.15) is 0 Å². The minimum Gasteiger partial charge on any atom is -0.493 e. The summed E-state index contributed by atoms with van der Waals surface area (Å²) in [6.07, 6.45) is 0.416. The number of nitrogens with zero attached hydrogens (tertiary/aromatic N) is 2. The standard InChI is InChI=1S/C27H25N3O4/c1-18-14-15-19(2)22(16-18)28-26(31)25(20-10-6-4-7-11-20)34-27(32)24-23(33-3)17-30(29-24)21-12-8-5-9-13-21/h4-17,25H,1-3H3,(H,28,31). The molecule has 1 N–H and O–H groups in total. The van der Waals surface area contributed by atoms with Crippen LogP contribution in [0.1, 0.15) is 33.3 Å². The van der Waals surface area contributed by atoms with Gasteiger partial charge in [-0.25, -0.2) is 9.48 Å². The molecule has 7 nitrogen and oxygen atoms in total. The van der Waals surface area contributed by atoms with Gasteiger partial charge in [0, 0.05) is 11.3 Å². The molecule has 1 heterocycles. The van der Waals surface area contributed by atoms with Crippen LogP contribution in [0.15, 0.2) is 85.1 Å². The molecule has 0 saturated heterocycles. The van der Waals surface area contributed by atoms with Gasteiger partial charge in [-0.15, -0.1) is 0 Å².